The second-order valence-electron chi connectivity index (χ2n) is 26.5. The van der Waals surface area contributed by atoms with Crippen molar-refractivity contribution in [3.8, 4) is 34.1 Å². The highest BCUT2D eigenvalue weighted by Crippen LogP contribution is 2.57. The summed E-state index contributed by atoms with van der Waals surface area (Å²) in [7, 11) is 0. The first-order valence-electron chi connectivity index (χ1n) is 34.0. The van der Waals surface area contributed by atoms with E-state index in [9.17, 15) is 63.0 Å². The molecule has 1 saturated heterocycles. The molecule has 1 aliphatic carbocycles. The molecule has 104 heavy (non-hydrogen) atoms. The lowest BCUT2D eigenvalue weighted by atomic mass is 9.77. The van der Waals surface area contributed by atoms with Crippen molar-refractivity contribution in [1.29, 1.82) is 0 Å². The van der Waals surface area contributed by atoms with Crippen molar-refractivity contribution < 1.29 is 96.2 Å². The number of ether oxygens (including phenoxy) is 6. The van der Waals surface area contributed by atoms with Gasteiger partial charge in [-0.1, -0.05) is 66.7 Å². The molecule has 30 nitrogen and oxygen atoms in total. The largest absolute Gasteiger partial charge is 0.508 e. The van der Waals surface area contributed by atoms with Crippen LogP contribution in [0.25, 0.3) is 11.1 Å². The summed E-state index contributed by atoms with van der Waals surface area (Å²) in [4.78, 5) is 132. The average molecular weight is 1450 g/mol. The Hall–Kier alpha value is -11.0. The number of aromatic hydroxyl groups is 2. The predicted octanol–water partition coefficient (Wildman–Crippen LogP) is 7.65. The maximum Gasteiger partial charge on any atom is 0.410 e. The Bertz CT molecular complexity index is 3660. The fourth-order valence-electron chi connectivity index (χ4n) is 10.5. The number of hydrogen-bond acceptors (Lipinski definition) is 22. The van der Waals surface area contributed by atoms with Crippen LogP contribution < -0.4 is 47.3 Å². The minimum absolute atomic E-state index is 0.0371. The van der Waals surface area contributed by atoms with Crippen molar-refractivity contribution in [3.05, 3.63) is 143 Å². The van der Waals surface area contributed by atoms with E-state index in [2.05, 4.69) is 59.5 Å². The Kier molecular flexibility index (Phi) is 31.7. The zero-order valence-corrected chi connectivity index (χ0v) is 61.2. The minimum Gasteiger partial charge on any atom is -0.508 e. The Labute approximate surface area is 605 Å². The quantitative estimate of drug-likeness (QED) is 0.0146. The molecule has 5 aromatic carbocycles. The van der Waals surface area contributed by atoms with Gasteiger partial charge in [-0.15, -0.1) is 5.06 Å². The van der Waals surface area contributed by atoms with Crippen molar-refractivity contribution >= 4 is 65.8 Å². The molecule has 0 bridgehead atoms. The fourth-order valence-corrected chi connectivity index (χ4v) is 10.5. The van der Waals surface area contributed by atoms with Gasteiger partial charge in [-0.3, -0.25) is 28.9 Å². The Morgan fingerprint density at radius 2 is 0.942 bits per heavy atom. The first-order chi connectivity index (χ1) is 49.1. The molecule has 1 fully saturated rings. The van der Waals surface area contributed by atoms with Crippen LogP contribution in [-0.2, 0) is 62.9 Å². The topological polar surface area (TPSA) is 396 Å². The van der Waals surface area contributed by atoms with Gasteiger partial charge in [0.05, 0.1) is 18.7 Å². The molecule has 1 spiro atoms. The molecule has 564 valence electrons. The number of likely N-dealkylation sites (N-methyl/N-ethyl adjacent to an activating group) is 3. The number of nitrogens with one attached hydrogen (secondary N) is 8. The van der Waals surface area contributed by atoms with Crippen molar-refractivity contribution in [2.45, 2.75) is 131 Å². The number of esters is 1. The molecule has 5 aromatic rings. The summed E-state index contributed by atoms with van der Waals surface area (Å²) < 4.78 is 32.8. The molecule has 0 aromatic heterocycles. The summed E-state index contributed by atoms with van der Waals surface area (Å²) >= 11 is 0. The van der Waals surface area contributed by atoms with Crippen LogP contribution in [0.4, 0.5) is 19.2 Å². The van der Waals surface area contributed by atoms with Crippen LogP contribution in [-0.4, -0.2) is 188 Å². The van der Waals surface area contributed by atoms with Gasteiger partial charge in [-0.2, -0.15) is 0 Å². The second kappa shape index (κ2) is 39.4. The number of benzene rings is 5. The van der Waals surface area contributed by atoms with E-state index >= 15 is 0 Å². The number of fused-ring (bicyclic) bond motifs is 9. The summed E-state index contributed by atoms with van der Waals surface area (Å²) in [5.74, 6) is -1.64. The van der Waals surface area contributed by atoms with E-state index in [1.165, 1.54) is 29.2 Å². The van der Waals surface area contributed by atoms with Gasteiger partial charge in [0.25, 0.3) is 11.8 Å². The number of rotatable bonds is 21. The highest BCUT2D eigenvalue weighted by molar-refractivity contribution is 6.01. The van der Waals surface area contributed by atoms with Crippen molar-refractivity contribution in [3.63, 3.8) is 0 Å². The summed E-state index contributed by atoms with van der Waals surface area (Å²) in [5, 5.41) is 41.8. The smallest absolute Gasteiger partial charge is 0.410 e. The number of carbonyl (C=O) groups is 11. The number of phenolic OH excluding ortho intramolecular Hbond substituents is 2. The van der Waals surface area contributed by atoms with Gasteiger partial charge in [0.2, 0.25) is 17.7 Å². The number of amides is 9. The third kappa shape index (κ3) is 26.4. The first kappa shape index (κ1) is 83.6. The second-order valence-corrected chi connectivity index (χ2v) is 26.5. The van der Waals surface area contributed by atoms with Crippen LogP contribution in [0.1, 0.15) is 147 Å². The number of phenols is 2. The molecule has 10 N–H and O–H groups in total. The van der Waals surface area contributed by atoms with Crippen molar-refractivity contribution in [2.75, 3.05) is 85.1 Å². The molecule has 0 saturated carbocycles. The molecule has 3 aliphatic heterocycles. The molecule has 3 heterocycles. The zero-order chi connectivity index (χ0) is 77.0. The summed E-state index contributed by atoms with van der Waals surface area (Å²) in [6, 6.07) is 32.8. The standard InChI is InChI=1S/C26H33N3O5.C20H12O5.2C11H23N3O3.C6H7NO4/c1-5-27-23(30)16-29(15-14-28-24(31)34-26(2,3)4)25(32)33-17-22-20-12-8-6-10-18(20)19-11-7-9-13-21(19)22;21-11-5-7-15-17(9-11)24-18-10-12(22)6-8-16(18)20(15)14-4-2-1-3-13(14)19(23)25-20;2*1-5-13-9(15)8-12-6-7-14-10(16)17-11(2,3)4;1-4(8)11-7-5(9)2-3-6(7)10/h6-13,22H,5,14-17H2,1-4H3,(H,27,30)(H,28,31);1-10,21-22H;2*12H,5-8H2,1-4H3,(H,13,15)(H,14,16);2-3H2,1H3. The lowest BCUT2D eigenvalue weighted by Crippen LogP contribution is -2.45. The molecule has 4 aliphatic rings. The lowest BCUT2D eigenvalue weighted by Gasteiger charge is -2.36. The van der Waals surface area contributed by atoms with Crippen LogP contribution in [0.5, 0.6) is 23.0 Å². The first-order valence-corrected chi connectivity index (χ1v) is 34.0. The van der Waals surface area contributed by atoms with E-state index < -0.39 is 70.5 Å². The van der Waals surface area contributed by atoms with Crippen LogP contribution in [0.3, 0.4) is 0 Å². The van der Waals surface area contributed by atoms with E-state index in [1.807, 2.05) is 62.4 Å². The molecule has 0 atom stereocenters. The molecular weight excluding hydrogens is 1350 g/mol. The normalized spacial score (nSPS) is 13.2. The van der Waals surface area contributed by atoms with Gasteiger partial charge < -0.3 is 86.0 Å². The summed E-state index contributed by atoms with van der Waals surface area (Å²) in [6.07, 6.45) is -1.83. The van der Waals surface area contributed by atoms with Crippen LogP contribution in [0.15, 0.2) is 109 Å². The maximum absolute atomic E-state index is 12.9. The van der Waals surface area contributed by atoms with Crippen LogP contribution in [0, 0.1) is 0 Å². The van der Waals surface area contributed by atoms with E-state index in [0.29, 0.717) is 84.6 Å². The Balaban J connectivity index is 0.000000246. The Morgan fingerprint density at radius 1 is 0.529 bits per heavy atom. The fraction of sp³-hybridized carbons (Fsp3) is 0.446. The predicted molar refractivity (Wildman–Crippen MR) is 382 cm³/mol. The van der Waals surface area contributed by atoms with Gasteiger partial charge in [0.15, 0.2) is 5.60 Å². The van der Waals surface area contributed by atoms with Gasteiger partial charge in [0, 0.05) is 113 Å². The van der Waals surface area contributed by atoms with Crippen molar-refractivity contribution in [1.82, 2.24) is 52.5 Å². The number of nitrogens with zero attached hydrogens (tertiary/aromatic N) is 2. The minimum atomic E-state index is -1.17. The average Bonchev–Trinajstić information content (AvgIpc) is 1.62. The van der Waals surface area contributed by atoms with Gasteiger partial charge in [-0.25, -0.2) is 28.8 Å². The number of alkyl carbamates (subject to hydrolysis) is 3. The summed E-state index contributed by atoms with van der Waals surface area (Å²) in [6.45, 7) is 27.1. The molecule has 0 radical (unpaired) electrons. The van der Waals surface area contributed by atoms with Crippen LogP contribution >= 0.6 is 0 Å². The van der Waals surface area contributed by atoms with Gasteiger partial charge in [0.1, 0.15) is 53.0 Å². The van der Waals surface area contributed by atoms with E-state index in [-0.39, 0.29) is 87.3 Å². The van der Waals surface area contributed by atoms with E-state index in [4.69, 9.17) is 28.4 Å². The SMILES string of the molecule is CC(=O)ON1C(=O)CCC1=O.CCNC(=O)CN(CCNC(=O)OC(C)(C)C)C(=O)OCC1c2ccccc2-c2ccccc21.CCNC(=O)CNCCNC(=O)OC(C)(C)C.CCNC(=O)CNCCNC(=O)OC(C)(C)C.O=C1OC2(c3ccc(O)cc3Oc3cc(O)ccc32)c2ccccc21. The van der Waals surface area contributed by atoms with E-state index in [1.54, 1.807) is 93.5 Å². The number of hydrogen-bond donors (Lipinski definition) is 10. The number of imide groups is 1. The van der Waals surface area contributed by atoms with Crippen molar-refractivity contribution in [2.24, 2.45) is 0 Å². The third-order valence-corrected chi connectivity index (χ3v) is 14.5. The monoisotopic (exact) mass is 1450 g/mol. The van der Waals surface area contributed by atoms with E-state index in [0.717, 1.165) is 29.2 Å². The molecular formula is C74H98N10O20. The third-order valence-electron chi connectivity index (χ3n) is 14.5. The maximum atomic E-state index is 12.9. The molecule has 9 amide bonds. The van der Waals surface area contributed by atoms with Gasteiger partial charge in [-0.05, 0) is 136 Å². The molecule has 9 rings (SSSR count). The van der Waals surface area contributed by atoms with Crippen LogP contribution in [0.2, 0.25) is 0 Å². The highest BCUT2D eigenvalue weighted by atomic mass is 16.7. The number of hydroxylamine groups is 2. The Morgan fingerprint density at radius 3 is 1.38 bits per heavy atom. The molecule has 30 heteroatoms. The lowest BCUT2D eigenvalue weighted by molar-refractivity contribution is -0.195. The van der Waals surface area contributed by atoms with Gasteiger partial charge >= 0.3 is 36.3 Å². The highest BCUT2D eigenvalue weighted by Gasteiger charge is 2.53. The summed E-state index contributed by atoms with van der Waals surface area (Å²) in [5.41, 5.74) is 4.18. The zero-order valence-electron chi connectivity index (χ0n) is 61.2. The number of carbonyl (C=O) groups excluding carboxylic acids is 11. The molecule has 0 unspecified atom stereocenters.